The molecule has 1 unspecified atom stereocenters. The van der Waals surface area contributed by atoms with Gasteiger partial charge in [-0.05, 0) is 29.7 Å². The van der Waals surface area contributed by atoms with Gasteiger partial charge in [0.2, 0.25) is 0 Å². The van der Waals surface area contributed by atoms with E-state index in [0.717, 1.165) is 17.5 Å². The molecule has 35 heavy (non-hydrogen) atoms. The molecule has 10 heteroatoms. The Morgan fingerprint density at radius 1 is 0.829 bits per heavy atom. The Balaban J connectivity index is 2.05. The lowest BCUT2D eigenvalue weighted by atomic mass is 10.0. The van der Waals surface area contributed by atoms with Crippen molar-refractivity contribution >= 4 is 17.9 Å². The molecule has 1 aromatic carbocycles. The van der Waals surface area contributed by atoms with Crippen molar-refractivity contribution in [2.75, 3.05) is 39.3 Å². The molecule has 2 aromatic rings. The van der Waals surface area contributed by atoms with E-state index in [1.807, 2.05) is 42.5 Å². The molecule has 2 heterocycles. The molecule has 1 aliphatic heterocycles. The minimum atomic E-state index is -1.00. The van der Waals surface area contributed by atoms with Gasteiger partial charge in [-0.2, -0.15) is 0 Å². The number of pyridine rings is 1. The highest BCUT2D eigenvalue weighted by atomic mass is 16.4. The minimum absolute atomic E-state index is 0.195. The molecule has 1 aliphatic rings. The Labute approximate surface area is 204 Å². The van der Waals surface area contributed by atoms with Crippen molar-refractivity contribution in [2.24, 2.45) is 0 Å². The van der Waals surface area contributed by atoms with Crippen molar-refractivity contribution in [1.82, 2.24) is 19.7 Å². The first kappa shape index (κ1) is 26.3. The third kappa shape index (κ3) is 8.13. The Bertz CT molecular complexity index is 1030. The molecule has 0 fully saturated rings. The summed E-state index contributed by atoms with van der Waals surface area (Å²) in [6.45, 7) is 2.83. The van der Waals surface area contributed by atoms with Crippen molar-refractivity contribution in [3.8, 4) is 0 Å². The van der Waals surface area contributed by atoms with Gasteiger partial charge in [0.1, 0.15) is 0 Å². The summed E-state index contributed by atoms with van der Waals surface area (Å²) < 4.78 is 0. The summed E-state index contributed by atoms with van der Waals surface area (Å²) in [4.78, 5) is 44.8. The van der Waals surface area contributed by atoms with E-state index in [-0.39, 0.29) is 32.7 Å². The molecular weight excluding hydrogens is 452 g/mol. The first-order valence-corrected chi connectivity index (χ1v) is 11.6. The lowest BCUT2D eigenvalue weighted by Crippen LogP contribution is -2.45. The van der Waals surface area contributed by atoms with Crippen molar-refractivity contribution in [2.45, 2.75) is 32.5 Å². The van der Waals surface area contributed by atoms with Crippen LogP contribution in [0.1, 0.15) is 35.5 Å². The van der Waals surface area contributed by atoms with Crippen LogP contribution in [0.2, 0.25) is 0 Å². The van der Waals surface area contributed by atoms with Crippen LogP contribution in [0.3, 0.4) is 0 Å². The van der Waals surface area contributed by atoms with Crippen LogP contribution >= 0.6 is 0 Å². The number of aryl methyl sites for hydroxylation is 1. The number of carbonyl (C=O) groups is 3. The number of rotatable bonds is 8. The molecule has 0 aliphatic carbocycles. The molecule has 0 saturated carbocycles. The molecule has 1 atom stereocenters. The van der Waals surface area contributed by atoms with E-state index in [4.69, 9.17) is 0 Å². The fraction of sp³-hybridized carbons (Fsp3) is 0.440. The van der Waals surface area contributed by atoms with Crippen molar-refractivity contribution < 1.29 is 29.7 Å². The van der Waals surface area contributed by atoms with E-state index in [1.54, 1.807) is 14.7 Å². The maximum Gasteiger partial charge on any atom is 0.317 e. The summed E-state index contributed by atoms with van der Waals surface area (Å²) in [7, 11) is 0. The van der Waals surface area contributed by atoms with Crippen LogP contribution in [0, 0.1) is 0 Å². The highest BCUT2D eigenvalue weighted by Crippen LogP contribution is 2.25. The third-order valence-electron chi connectivity index (χ3n) is 6.05. The Morgan fingerprint density at radius 3 is 2.00 bits per heavy atom. The van der Waals surface area contributed by atoms with Crippen LogP contribution in [-0.4, -0.2) is 92.2 Å². The number of fused-ring (bicyclic) bond motifs is 2. The Hall–Kier alpha value is -3.34. The predicted molar refractivity (Wildman–Crippen MR) is 128 cm³/mol. The summed E-state index contributed by atoms with van der Waals surface area (Å²) in [5, 5.41) is 28.6. The molecule has 188 valence electrons. The quantitative estimate of drug-likeness (QED) is 0.507. The number of hydrogen-bond acceptors (Lipinski definition) is 7. The number of benzene rings is 1. The highest BCUT2D eigenvalue weighted by Gasteiger charge is 2.28. The van der Waals surface area contributed by atoms with Gasteiger partial charge >= 0.3 is 17.9 Å². The molecule has 0 radical (unpaired) electrons. The van der Waals surface area contributed by atoms with Crippen LogP contribution in [0.5, 0.6) is 0 Å². The van der Waals surface area contributed by atoms with Crippen molar-refractivity contribution in [3.05, 3.63) is 65.0 Å². The lowest BCUT2D eigenvalue weighted by Gasteiger charge is -2.36. The monoisotopic (exact) mass is 484 g/mol. The largest absolute Gasteiger partial charge is 0.480 e. The van der Waals surface area contributed by atoms with E-state index in [0.29, 0.717) is 31.0 Å². The smallest absolute Gasteiger partial charge is 0.317 e. The molecule has 0 spiro atoms. The second-order valence-corrected chi connectivity index (χ2v) is 8.76. The maximum atomic E-state index is 11.8. The van der Waals surface area contributed by atoms with Gasteiger partial charge in [0.05, 0.1) is 31.0 Å². The number of nitrogens with zero attached hydrogens (tertiary/aromatic N) is 4. The Kier molecular flexibility index (Phi) is 9.30. The first-order valence-electron chi connectivity index (χ1n) is 11.6. The first-order chi connectivity index (χ1) is 16.7. The van der Waals surface area contributed by atoms with Gasteiger partial charge in [-0.3, -0.25) is 34.1 Å². The van der Waals surface area contributed by atoms with Crippen LogP contribution in [-0.2, 0) is 33.9 Å². The van der Waals surface area contributed by atoms with Gasteiger partial charge in [0.15, 0.2) is 0 Å². The van der Waals surface area contributed by atoms with Gasteiger partial charge < -0.3 is 15.3 Å². The minimum Gasteiger partial charge on any atom is -0.480 e. The molecule has 0 amide bonds. The fourth-order valence-corrected chi connectivity index (χ4v) is 4.36. The number of hydrogen-bond donors (Lipinski definition) is 3. The molecule has 10 nitrogen and oxygen atoms in total. The molecular formula is C25H32N4O6. The maximum absolute atomic E-state index is 11.8. The molecule has 0 saturated heterocycles. The van der Waals surface area contributed by atoms with Gasteiger partial charge in [0, 0.05) is 38.8 Å². The predicted octanol–water partition coefficient (Wildman–Crippen LogP) is 1.56. The van der Waals surface area contributed by atoms with Gasteiger partial charge in [-0.25, -0.2) is 0 Å². The average molecular weight is 485 g/mol. The number of aromatic nitrogens is 1. The van der Waals surface area contributed by atoms with Crippen molar-refractivity contribution in [1.29, 1.82) is 0 Å². The molecule has 1 aromatic heterocycles. The number of aliphatic carboxylic acids is 3. The normalized spacial score (nSPS) is 18.4. The van der Waals surface area contributed by atoms with E-state index in [2.05, 4.69) is 11.9 Å². The summed E-state index contributed by atoms with van der Waals surface area (Å²) in [5.74, 6) is -2.96. The second-order valence-electron chi connectivity index (χ2n) is 8.76. The third-order valence-corrected chi connectivity index (χ3v) is 6.05. The lowest BCUT2D eigenvalue weighted by molar-refractivity contribution is -0.141. The van der Waals surface area contributed by atoms with E-state index < -0.39 is 23.9 Å². The molecule has 2 bridgehead atoms. The highest BCUT2D eigenvalue weighted by molar-refractivity contribution is 5.70. The summed E-state index contributed by atoms with van der Waals surface area (Å²) in [5.41, 5.74) is 3.37. The van der Waals surface area contributed by atoms with Gasteiger partial charge in [0.25, 0.3) is 0 Å². The molecule has 3 N–H and O–H groups in total. The zero-order valence-electron chi connectivity index (χ0n) is 19.8. The van der Waals surface area contributed by atoms with E-state index in [1.165, 1.54) is 0 Å². The average Bonchev–Trinajstić information content (AvgIpc) is 2.79. The SMILES string of the molecule is CCc1ccc(C2CN(CC(=O)O)CCN(CC(=O)O)Cc3cccc(n3)CN2CC(=O)O)cc1. The summed E-state index contributed by atoms with van der Waals surface area (Å²) in [6.07, 6.45) is 0.866. The standard InChI is InChI=1S/C25H32N4O6/c1-2-18-6-8-19(9-7-18)22-14-28(16-24(32)33)11-10-27(15-23(30)31)12-20-4-3-5-21(26-20)13-29(22)17-25(34)35/h3-9,22H,2,10-17H2,1H3,(H,30,31)(H,32,33)(H,34,35). The number of carboxylic acid groups (broad SMARTS) is 3. The topological polar surface area (TPSA) is 135 Å². The van der Waals surface area contributed by atoms with Crippen LogP contribution < -0.4 is 0 Å². The fourth-order valence-electron chi connectivity index (χ4n) is 4.36. The van der Waals surface area contributed by atoms with Crippen LogP contribution in [0.15, 0.2) is 42.5 Å². The zero-order chi connectivity index (χ0) is 25.4. The zero-order valence-corrected chi connectivity index (χ0v) is 19.8. The van der Waals surface area contributed by atoms with Gasteiger partial charge in [-0.15, -0.1) is 0 Å². The van der Waals surface area contributed by atoms with Crippen LogP contribution in [0.25, 0.3) is 0 Å². The van der Waals surface area contributed by atoms with Crippen molar-refractivity contribution in [3.63, 3.8) is 0 Å². The van der Waals surface area contributed by atoms with Gasteiger partial charge in [-0.1, -0.05) is 37.3 Å². The number of carboxylic acids is 3. The van der Waals surface area contributed by atoms with E-state index >= 15 is 0 Å². The van der Waals surface area contributed by atoms with Crippen LogP contribution in [0.4, 0.5) is 0 Å². The van der Waals surface area contributed by atoms with E-state index in [9.17, 15) is 29.7 Å². The molecule has 3 rings (SSSR count). The Morgan fingerprint density at radius 2 is 1.40 bits per heavy atom. The summed E-state index contributed by atoms with van der Waals surface area (Å²) in [6, 6.07) is 13.0. The summed E-state index contributed by atoms with van der Waals surface area (Å²) >= 11 is 0. The second kappa shape index (κ2) is 12.4.